The van der Waals surface area contributed by atoms with Gasteiger partial charge in [0.05, 0.1) is 0 Å². The lowest BCUT2D eigenvalue weighted by atomic mass is 10.2. The summed E-state index contributed by atoms with van der Waals surface area (Å²) in [7, 11) is 0. The van der Waals surface area contributed by atoms with Gasteiger partial charge in [-0.25, -0.2) is 0 Å². The molecule has 1 heteroatoms. The van der Waals surface area contributed by atoms with Crippen LogP contribution >= 0.6 is 0 Å². The molecule has 1 nitrogen and oxygen atoms in total. The molecule has 0 aromatic carbocycles. The summed E-state index contributed by atoms with van der Waals surface area (Å²) in [4.78, 5) is 0. The van der Waals surface area contributed by atoms with Gasteiger partial charge in [-0.1, -0.05) is 43.4 Å². The third-order valence-corrected chi connectivity index (χ3v) is 1.91. The zero-order chi connectivity index (χ0) is 9.94. The zero-order valence-electron chi connectivity index (χ0n) is 8.68. The van der Waals surface area contributed by atoms with Gasteiger partial charge in [0.1, 0.15) is 0 Å². The Morgan fingerprint density at radius 3 is 1.92 bits per heavy atom. The Morgan fingerprint density at radius 2 is 1.77 bits per heavy atom. The van der Waals surface area contributed by atoms with Crippen molar-refractivity contribution in [3.8, 4) is 0 Å². The molecule has 13 heavy (non-hydrogen) atoms. The van der Waals surface area contributed by atoms with Crippen LogP contribution < -0.4 is 5.32 Å². The van der Waals surface area contributed by atoms with E-state index in [0.29, 0.717) is 0 Å². The summed E-state index contributed by atoms with van der Waals surface area (Å²) in [5.41, 5.74) is 1.15. The number of rotatable bonds is 2. The van der Waals surface area contributed by atoms with Gasteiger partial charge in [-0.05, 0) is 32.9 Å². The van der Waals surface area contributed by atoms with E-state index in [-0.39, 0.29) is 0 Å². The van der Waals surface area contributed by atoms with Crippen LogP contribution in [0.5, 0.6) is 0 Å². The van der Waals surface area contributed by atoms with Crippen LogP contribution in [0.25, 0.3) is 0 Å². The number of hydrogen-bond donors (Lipinski definition) is 1. The molecule has 1 saturated heterocycles. The summed E-state index contributed by atoms with van der Waals surface area (Å²) < 4.78 is 0. The van der Waals surface area contributed by atoms with Crippen molar-refractivity contribution in [1.82, 2.24) is 5.32 Å². The molecule has 0 bridgehead atoms. The highest BCUT2D eigenvalue weighted by atomic mass is 14.9. The van der Waals surface area contributed by atoms with Crippen LogP contribution in [-0.2, 0) is 0 Å². The Bertz CT molecular complexity index is 152. The second-order valence-electron chi connectivity index (χ2n) is 3.16. The normalized spacial score (nSPS) is 16.8. The summed E-state index contributed by atoms with van der Waals surface area (Å²) in [6.45, 7) is 11.6. The molecule has 0 unspecified atom stereocenters. The quantitative estimate of drug-likeness (QED) is 0.642. The largest absolute Gasteiger partial charge is 0.317 e. The van der Waals surface area contributed by atoms with E-state index >= 15 is 0 Å². The number of piperidine rings is 1. The fourth-order valence-electron chi connectivity index (χ4n) is 1.06. The standard InChI is InChI=1S/C7H10.C5H11N/c1-4-6-7(3)5-2;1-2-4-6-5-3-1/h4-6H,1-2H2,3H3;6H,1-5H2/b7-6-;. The molecule has 0 radical (unpaired) electrons. The summed E-state index contributed by atoms with van der Waals surface area (Å²) in [5.74, 6) is 0. The summed E-state index contributed by atoms with van der Waals surface area (Å²) in [6, 6.07) is 0. The van der Waals surface area contributed by atoms with Crippen LogP contribution in [0.3, 0.4) is 0 Å². The topological polar surface area (TPSA) is 12.0 Å². The van der Waals surface area contributed by atoms with Crippen molar-refractivity contribution in [2.45, 2.75) is 26.2 Å². The van der Waals surface area contributed by atoms with E-state index in [9.17, 15) is 0 Å². The van der Waals surface area contributed by atoms with Gasteiger partial charge in [0.15, 0.2) is 0 Å². The van der Waals surface area contributed by atoms with Gasteiger partial charge < -0.3 is 5.32 Å². The van der Waals surface area contributed by atoms with Crippen LogP contribution in [0.15, 0.2) is 37.0 Å². The van der Waals surface area contributed by atoms with Crippen molar-refractivity contribution in [3.05, 3.63) is 37.0 Å². The van der Waals surface area contributed by atoms with Crippen LogP contribution in [0, 0.1) is 0 Å². The van der Waals surface area contributed by atoms with Crippen molar-refractivity contribution >= 4 is 0 Å². The maximum Gasteiger partial charge on any atom is -0.00489 e. The van der Waals surface area contributed by atoms with Crippen molar-refractivity contribution in [1.29, 1.82) is 0 Å². The number of allylic oxidation sites excluding steroid dienone is 4. The van der Waals surface area contributed by atoms with E-state index < -0.39 is 0 Å². The van der Waals surface area contributed by atoms with E-state index in [4.69, 9.17) is 0 Å². The summed E-state index contributed by atoms with van der Waals surface area (Å²) >= 11 is 0. The Hall–Kier alpha value is -0.820. The maximum absolute atomic E-state index is 3.56. The molecule has 74 valence electrons. The molecule has 1 rings (SSSR count). The van der Waals surface area contributed by atoms with Crippen molar-refractivity contribution in [2.75, 3.05) is 13.1 Å². The molecule has 0 atom stereocenters. The molecule has 1 heterocycles. The van der Waals surface area contributed by atoms with Gasteiger partial charge in [0.25, 0.3) is 0 Å². The lowest BCUT2D eigenvalue weighted by Crippen LogP contribution is -2.21. The molecule has 1 aliphatic heterocycles. The second-order valence-corrected chi connectivity index (χ2v) is 3.16. The summed E-state index contributed by atoms with van der Waals surface area (Å²) in [5, 5.41) is 3.28. The van der Waals surface area contributed by atoms with Gasteiger partial charge >= 0.3 is 0 Å². The lowest BCUT2D eigenvalue weighted by molar-refractivity contribution is 0.520. The first-order chi connectivity index (χ1) is 6.31. The van der Waals surface area contributed by atoms with Crippen molar-refractivity contribution in [2.24, 2.45) is 0 Å². The van der Waals surface area contributed by atoms with Crippen LogP contribution in [0.1, 0.15) is 26.2 Å². The first-order valence-corrected chi connectivity index (χ1v) is 4.93. The number of nitrogens with one attached hydrogen (secondary N) is 1. The van der Waals surface area contributed by atoms with Crippen molar-refractivity contribution in [3.63, 3.8) is 0 Å². The highest BCUT2D eigenvalue weighted by molar-refractivity contribution is 5.17. The molecular formula is C12H21N. The fourth-order valence-corrected chi connectivity index (χ4v) is 1.06. The van der Waals surface area contributed by atoms with Gasteiger partial charge in [0, 0.05) is 0 Å². The minimum Gasteiger partial charge on any atom is -0.317 e. The van der Waals surface area contributed by atoms with E-state index in [2.05, 4.69) is 18.5 Å². The predicted octanol–water partition coefficient (Wildman–Crippen LogP) is 3.06. The molecular weight excluding hydrogens is 158 g/mol. The molecule has 1 fully saturated rings. The molecule has 0 aliphatic carbocycles. The third-order valence-electron chi connectivity index (χ3n) is 1.91. The molecule has 1 N–H and O–H groups in total. The predicted molar refractivity (Wildman–Crippen MR) is 60.9 cm³/mol. The molecule has 1 aliphatic rings. The monoisotopic (exact) mass is 179 g/mol. The van der Waals surface area contributed by atoms with E-state index in [1.807, 2.05) is 13.0 Å². The van der Waals surface area contributed by atoms with Gasteiger partial charge in [-0.3, -0.25) is 0 Å². The minimum atomic E-state index is 1.15. The van der Waals surface area contributed by atoms with E-state index in [1.165, 1.54) is 32.4 Å². The van der Waals surface area contributed by atoms with Crippen LogP contribution in [0.4, 0.5) is 0 Å². The highest BCUT2D eigenvalue weighted by Crippen LogP contribution is 1.96. The molecule has 0 aromatic heterocycles. The fraction of sp³-hybridized carbons (Fsp3) is 0.500. The average Bonchev–Trinajstić information content (AvgIpc) is 2.22. The van der Waals surface area contributed by atoms with Crippen LogP contribution in [0.2, 0.25) is 0 Å². The first kappa shape index (κ1) is 12.2. The second kappa shape index (κ2) is 9.27. The Labute approximate surface area is 82.2 Å². The molecule has 0 saturated carbocycles. The van der Waals surface area contributed by atoms with Gasteiger partial charge in [-0.2, -0.15) is 0 Å². The van der Waals surface area contributed by atoms with Crippen molar-refractivity contribution < 1.29 is 0 Å². The Morgan fingerprint density at radius 1 is 1.15 bits per heavy atom. The summed E-state index contributed by atoms with van der Waals surface area (Å²) in [6.07, 6.45) is 9.67. The smallest absolute Gasteiger partial charge is 0.00489 e. The van der Waals surface area contributed by atoms with Crippen LogP contribution in [-0.4, -0.2) is 13.1 Å². The lowest BCUT2D eigenvalue weighted by Gasteiger charge is -2.08. The molecule has 0 aromatic rings. The van der Waals surface area contributed by atoms with E-state index in [0.717, 1.165) is 5.57 Å². The first-order valence-electron chi connectivity index (χ1n) is 4.93. The SMILES string of the molecule is C1CCNCC1.C=C/C=C(/C)C=C. The van der Waals surface area contributed by atoms with Gasteiger partial charge in [0.2, 0.25) is 0 Å². The van der Waals surface area contributed by atoms with Gasteiger partial charge in [-0.15, -0.1) is 0 Å². The third kappa shape index (κ3) is 9.09. The Balaban J connectivity index is 0.000000223. The zero-order valence-corrected chi connectivity index (χ0v) is 8.68. The molecule has 0 amide bonds. The van der Waals surface area contributed by atoms with E-state index in [1.54, 1.807) is 12.2 Å². The Kier molecular flexibility index (Phi) is 8.68. The maximum atomic E-state index is 3.56. The minimum absolute atomic E-state index is 1.15. The molecule has 0 spiro atoms. The highest BCUT2D eigenvalue weighted by Gasteiger charge is 1.93. The number of hydrogen-bond acceptors (Lipinski definition) is 1. The average molecular weight is 179 g/mol.